The van der Waals surface area contributed by atoms with Crippen LogP contribution in [0.15, 0.2) is 41.2 Å². The molecule has 1 saturated carbocycles. The Morgan fingerprint density at radius 2 is 1.81 bits per heavy atom. The van der Waals surface area contributed by atoms with Gasteiger partial charge in [0.2, 0.25) is 0 Å². The molecule has 2 saturated heterocycles. The Balaban J connectivity index is 1.27. The molecule has 3 heterocycles. The molecule has 37 heavy (non-hydrogen) atoms. The first kappa shape index (κ1) is 23.4. The molecule has 2 unspecified atom stereocenters. The second-order valence-electron chi connectivity index (χ2n) is 10.2. The third kappa shape index (κ3) is 4.30. The number of halogens is 1. The van der Waals surface area contributed by atoms with Crippen molar-refractivity contribution in [3.05, 3.63) is 69.4 Å². The van der Waals surface area contributed by atoms with Crippen molar-refractivity contribution in [2.45, 2.75) is 56.7 Å². The quantitative estimate of drug-likeness (QED) is 0.547. The van der Waals surface area contributed by atoms with E-state index in [1.807, 2.05) is 6.07 Å². The van der Waals surface area contributed by atoms with Crippen molar-refractivity contribution in [2.75, 3.05) is 13.1 Å². The summed E-state index contributed by atoms with van der Waals surface area (Å²) in [5.74, 6) is -0.398. The van der Waals surface area contributed by atoms with E-state index >= 15 is 0 Å². The zero-order chi connectivity index (χ0) is 25.7. The summed E-state index contributed by atoms with van der Waals surface area (Å²) in [6.45, 7) is 0.502. The van der Waals surface area contributed by atoms with Gasteiger partial charge in [0, 0.05) is 24.9 Å². The Morgan fingerprint density at radius 3 is 2.49 bits per heavy atom. The van der Waals surface area contributed by atoms with Crippen molar-refractivity contribution >= 4 is 22.8 Å². The molecular formula is C27H27FN4O5. The normalized spacial score (nSPS) is 21.2. The molecule has 9 nitrogen and oxygen atoms in total. The first-order valence-corrected chi connectivity index (χ1v) is 12.6. The van der Waals surface area contributed by atoms with Crippen LogP contribution in [0.1, 0.15) is 53.7 Å². The maximum Gasteiger partial charge on any atom is 0.407 e. The van der Waals surface area contributed by atoms with Crippen LogP contribution >= 0.6 is 0 Å². The third-order valence-electron chi connectivity index (χ3n) is 7.82. The van der Waals surface area contributed by atoms with Crippen LogP contribution in [0.2, 0.25) is 0 Å². The van der Waals surface area contributed by atoms with E-state index in [0.29, 0.717) is 40.6 Å². The number of amides is 2. The maximum absolute atomic E-state index is 14.8. The molecule has 2 aromatic carbocycles. The number of carbonyl (C=O) groups excluding carboxylic acids is 1. The van der Waals surface area contributed by atoms with E-state index in [9.17, 15) is 23.9 Å². The molecule has 6 rings (SSSR count). The molecule has 0 spiro atoms. The predicted octanol–water partition coefficient (Wildman–Crippen LogP) is 3.55. The van der Waals surface area contributed by atoms with Gasteiger partial charge in [0.1, 0.15) is 11.6 Å². The highest BCUT2D eigenvalue weighted by Gasteiger charge is 2.44. The van der Waals surface area contributed by atoms with Gasteiger partial charge in [-0.15, -0.1) is 0 Å². The fraction of sp³-hybridized carbons (Fsp3) is 0.407. The van der Waals surface area contributed by atoms with E-state index < -0.39 is 17.8 Å². The third-order valence-corrected chi connectivity index (χ3v) is 7.82. The SMILES string of the molecule is O=C(c1cc(Cc2n[nH]c(=O)c3ccc(OC4CCC4)cc23)ccc1F)N1CC2CCC(C1)N2C(=O)O. The smallest absolute Gasteiger partial charge is 0.407 e. The van der Waals surface area contributed by atoms with Crippen molar-refractivity contribution in [2.24, 2.45) is 0 Å². The van der Waals surface area contributed by atoms with Gasteiger partial charge in [-0.3, -0.25) is 14.5 Å². The second kappa shape index (κ2) is 9.17. The Hall–Kier alpha value is -3.95. The summed E-state index contributed by atoms with van der Waals surface area (Å²) in [4.78, 5) is 40.2. The van der Waals surface area contributed by atoms with Gasteiger partial charge >= 0.3 is 6.09 Å². The van der Waals surface area contributed by atoms with E-state index in [1.165, 1.54) is 17.0 Å². The van der Waals surface area contributed by atoms with Crippen LogP contribution in [0, 0.1) is 5.82 Å². The number of ether oxygens (including phenoxy) is 1. The number of carboxylic acid groups (broad SMARTS) is 1. The summed E-state index contributed by atoms with van der Waals surface area (Å²) in [5.41, 5.74) is 0.900. The van der Waals surface area contributed by atoms with Crippen LogP contribution < -0.4 is 10.3 Å². The number of hydrogen-bond acceptors (Lipinski definition) is 5. The number of benzene rings is 2. The molecule has 2 N–H and O–H groups in total. The predicted molar refractivity (Wildman–Crippen MR) is 132 cm³/mol. The van der Waals surface area contributed by atoms with Gasteiger partial charge in [0.25, 0.3) is 11.5 Å². The van der Waals surface area contributed by atoms with Gasteiger partial charge in [-0.05, 0) is 68.0 Å². The van der Waals surface area contributed by atoms with E-state index in [2.05, 4.69) is 10.2 Å². The topological polar surface area (TPSA) is 116 Å². The summed E-state index contributed by atoms with van der Waals surface area (Å²) in [7, 11) is 0. The molecule has 1 aliphatic carbocycles. The Morgan fingerprint density at radius 1 is 1.05 bits per heavy atom. The lowest BCUT2D eigenvalue weighted by molar-refractivity contribution is 0.0444. The molecule has 3 aromatic rings. The fourth-order valence-electron chi connectivity index (χ4n) is 5.68. The number of carbonyl (C=O) groups is 2. The maximum atomic E-state index is 14.8. The average Bonchev–Trinajstić information content (AvgIpc) is 3.14. The minimum atomic E-state index is -0.977. The largest absolute Gasteiger partial charge is 0.490 e. The van der Waals surface area contributed by atoms with Crippen LogP contribution in [-0.2, 0) is 6.42 Å². The highest BCUT2D eigenvalue weighted by Crippen LogP contribution is 2.32. The average molecular weight is 507 g/mol. The lowest BCUT2D eigenvalue weighted by Gasteiger charge is -2.39. The van der Waals surface area contributed by atoms with Crippen LogP contribution in [0.5, 0.6) is 5.75 Å². The zero-order valence-corrected chi connectivity index (χ0v) is 20.2. The summed E-state index contributed by atoms with van der Waals surface area (Å²) in [6.07, 6.45) is 4.05. The number of H-pyrrole nitrogens is 1. The number of aromatic nitrogens is 2. The molecule has 2 aliphatic heterocycles. The molecule has 1 aromatic heterocycles. The highest BCUT2D eigenvalue weighted by atomic mass is 19.1. The fourth-order valence-corrected chi connectivity index (χ4v) is 5.68. The molecule has 2 atom stereocenters. The van der Waals surface area contributed by atoms with Gasteiger partial charge in [0.15, 0.2) is 0 Å². The highest BCUT2D eigenvalue weighted by molar-refractivity contribution is 5.95. The summed E-state index contributed by atoms with van der Waals surface area (Å²) in [6, 6.07) is 9.19. The lowest BCUT2D eigenvalue weighted by Crippen LogP contribution is -2.56. The Labute approximate surface area is 211 Å². The van der Waals surface area contributed by atoms with Gasteiger partial charge in [-0.1, -0.05) is 6.07 Å². The van der Waals surface area contributed by atoms with Crippen molar-refractivity contribution in [1.29, 1.82) is 0 Å². The number of likely N-dealkylation sites (tertiary alicyclic amines) is 1. The van der Waals surface area contributed by atoms with Crippen molar-refractivity contribution in [3.63, 3.8) is 0 Å². The summed E-state index contributed by atoms with van der Waals surface area (Å²) in [5, 5.41) is 17.4. The molecular weight excluding hydrogens is 479 g/mol. The summed E-state index contributed by atoms with van der Waals surface area (Å²) >= 11 is 0. The zero-order valence-electron chi connectivity index (χ0n) is 20.2. The van der Waals surface area contributed by atoms with Gasteiger partial charge in [-0.2, -0.15) is 5.10 Å². The van der Waals surface area contributed by atoms with E-state index in [-0.39, 0.29) is 48.8 Å². The lowest BCUT2D eigenvalue weighted by atomic mass is 9.96. The molecule has 3 aliphatic rings. The number of piperazine rings is 1. The van der Waals surface area contributed by atoms with Crippen molar-refractivity contribution in [3.8, 4) is 5.75 Å². The number of hydrogen-bond donors (Lipinski definition) is 2. The van der Waals surface area contributed by atoms with Crippen LogP contribution in [0.4, 0.5) is 9.18 Å². The first-order valence-electron chi connectivity index (χ1n) is 12.6. The molecule has 2 amide bonds. The number of aromatic amines is 1. The molecule has 3 fully saturated rings. The number of rotatable bonds is 5. The molecule has 0 radical (unpaired) electrons. The second-order valence-corrected chi connectivity index (χ2v) is 10.2. The molecule has 2 bridgehead atoms. The molecule has 192 valence electrons. The van der Waals surface area contributed by atoms with Gasteiger partial charge < -0.3 is 14.7 Å². The first-order chi connectivity index (χ1) is 17.9. The Bertz CT molecular complexity index is 1440. The van der Waals surface area contributed by atoms with E-state index in [4.69, 9.17) is 4.74 Å². The van der Waals surface area contributed by atoms with Crippen molar-refractivity contribution in [1.82, 2.24) is 20.0 Å². The number of nitrogens with one attached hydrogen (secondary N) is 1. The monoisotopic (exact) mass is 506 g/mol. The van der Waals surface area contributed by atoms with Gasteiger partial charge in [-0.25, -0.2) is 14.3 Å². The minimum absolute atomic E-state index is 0.0524. The van der Waals surface area contributed by atoms with Crippen LogP contribution in [-0.4, -0.2) is 68.4 Å². The number of fused-ring (bicyclic) bond motifs is 3. The minimum Gasteiger partial charge on any atom is -0.490 e. The Kier molecular flexibility index (Phi) is 5.81. The summed E-state index contributed by atoms with van der Waals surface area (Å²) < 4.78 is 20.8. The molecule has 10 heteroatoms. The standard InChI is InChI=1S/C27H27FN4O5/c28-23-9-4-15(10-22(23)26(34)31-13-16-5-6-17(14-31)32(16)27(35)36)11-24-21-12-19(37-18-2-1-3-18)7-8-20(21)25(33)30-29-24/h4,7-10,12,16-18H,1-3,5-6,11,13-14H2,(H,30,33)(H,35,36). The van der Waals surface area contributed by atoms with E-state index in [0.717, 1.165) is 19.3 Å². The van der Waals surface area contributed by atoms with Gasteiger partial charge in [0.05, 0.1) is 34.8 Å². The van der Waals surface area contributed by atoms with Crippen LogP contribution in [0.3, 0.4) is 0 Å². The van der Waals surface area contributed by atoms with Crippen molar-refractivity contribution < 1.29 is 23.8 Å². The number of nitrogens with zero attached hydrogens (tertiary/aromatic N) is 3. The van der Waals surface area contributed by atoms with Crippen LogP contribution in [0.25, 0.3) is 10.8 Å². The van der Waals surface area contributed by atoms with E-state index in [1.54, 1.807) is 23.1 Å².